The maximum atomic E-state index is 11.8. The van der Waals surface area contributed by atoms with Gasteiger partial charge in [0, 0.05) is 32.6 Å². The topological polar surface area (TPSA) is 32.8 Å². The van der Waals surface area contributed by atoms with E-state index in [0.29, 0.717) is 0 Å². The van der Waals surface area contributed by atoms with E-state index >= 15 is 0 Å². The molecule has 0 spiro atoms. The van der Waals surface area contributed by atoms with Crippen LogP contribution in [-0.2, 0) is 9.53 Å². The van der Waals surface area contributed by atoms with Gasteiger partial charge in [0.15, 0.2) is 0 Å². The van der Waals surface area contributed by atoms with Gasteiger partial charge >= 0.3 is 0 Å². The van der Waals surface area contributed by atoms with Crippen LogP contribution in [0.25, 0.3) is 0 Å². The summed E-state index contributed by atoms with van der Waals surface area (Å²) in [6.07, 6.45) is 3.73. The first-order valence-electron chi connectivity index (χ1n) is 8.63. The highest BCUT2D eigenvalue weighted by atomic mass is 16.5. The van der Waals surface area contributed by atoms with Crippen LogP contribution in [0.15, 0.2) is 0 Å². The van der Waals surface area contributed by atoms with Gasteiger partial charge < -0.3 is 9.64 Å². The van der Waals surface area contributed by atoms with Crippen LogP contribution in [0, 0.1) is 5.92 Å². The lowest BCUT2D eigenvalue weighted by molar-refractivity contribution is -0.133. The summed E-state index contributed by atoms with van der Waals surface area (Å²) in [5, 5.41) is 0. The number of amides is 1. The van der Waals surface area contributed by atoms with E-state index in [2.05, 4.69) is 11.8 Å². The smallest absolute Gasteiger partial charge is 0.224 e. The lowest BCUT2D eigenvalue weighted by atomic mass is 10.1. The largest absolute Gasteiger partial charge is 0.375 e. The van der Waals surface area contributed by atoms with Crippen molar-refractivity contribution in [2.45, 2.75) is 60.0 Å². The van der Waals surface area contributed by atoms with Gasteiger partial charge in [-0.2, -0.15) is 0 Å². The van der Waals surface area contributed by atoms with Crippen molar-refractivity contribution in [3.63, 3.8) is 0 Å². The standard InChI is InChI=1S/C15H30N2O2.C2H6/c1-5-6-8-17-10-11-19-14(12-17)7-9-16(4)15(18)13(2)3;1-2/h13-14H,5-12H2,1-4H3;1-2H3. The molecule has 0 aliphatic carbocycles. The van der Waals surface area contributed by atoms with Crippen LogP contribution in [0.5, 0.6) is 0 Å². The van der Waals surface area contributed by atoms with Gasteiger partial charge in [0.2, 0.25) is 5.91 Å². The third-order valence-electron chi connectivity index (χ3n) is 3.71. The minimum Gasteiger partial charge on any atom is -0.375 e. The fourth-order valence-electron chi connectivity index (χ4n) is 2.43. The molecule has 1 saturated heterocycles. The van der Waals surface area contributed by atoms with Crippen molar-refractivity contribution in [1.29, 1.82) is 0 Å². The Morgan fingerprint density at radius 2 is 2.05 bits per heavy atom. The summed E-state index contributed by atoms with van der Waals surface area (Å²) >= 11 is 0. The number of rotatable bonds is 7. The summed E-state index contributed by atoms with van der Waals surface area (Å²) in [5.74, 6) is 0.303. The van der Waals surface area contributed by atoms with Gasteiger partial charge in [-0.25, -0.2) is 0 Å². The molecule has 4 nitrogen and oxygen atoms in total. The summed E-state index contributed by atoms with van der Waals surface area (Å²) in [6.45, 7) is 15.0. The third kappa shape index (κ3) is 8.42. The Balaban J connectivity index is 0.00000191. The zero-order valence-corrected chi connectivity index (χ0v) is 15.0. The Morgan fingerprint density at radius 1 is 1.38 bits per heavy atom. The number of hydrogen-bond acceptors (Lipinski definition) is 3. The number of ether oxygens (including phenoxy) is 1. The number of morpholine rings is 1. The van der Waals surface area contributed by atoms with Crippen molar-refractivity contribution in [3.8, 4) is 0 Å². The molecule has 1 heterocycles. The lowest BCUT2D eigenvalue weighted by Crippen LogP contribution is -2.44. The molecular formula is C17H36N2O2. The normalized spacial score (nSPS) is 19.1. The van der Waals surface area contributed by atoms with Gasteiger partial charge in [-0.3, -0.25) is 9.69 Å². The SMILES string of the molecule is CC.CCCCN1CCOC(CCN(C)C(=O)C(C)C)C1. The number of carbonyl (C=O) groups is 1. The van der Waals surface area contributed by atoms with E-state index in [1.165, 1.54) is 19.4 Å². The van der Waals surface area contributed by atoms with Gasteiger partial charge in [-0.1, -0.05) is 41.0 Å². The Bertz CT molecular complexity index is 270. The van der Waals surface area contributed by atoms with E-state index in [9.17, 15) is 4.79 Å². The van der Waals surface area contributed by atoms with E-state index in [-0.39, 0.29) is 17.9 Å². The first-order valence-corrected chi connectivity index (χ1v) is 8.63. The Kier molecular flexibility index (Phi) is 11.6. The van der Waals surface area contributed by atoms with E-state index in [4.69, 9.17) is 4.74 Å². The van der Waals surface area contributed by atoms with Gasteiger partial charge in [0.25, 0.3) is 0 Å². The van der Waals surface area contributed by atoms with E-state index in [1.807, 2.05) is 39.6 Å². The molecule has 0 bridgehead atoms. The fraction of sp³-hybridized carbons (Fsp3) is 0.941. The summed E-state index contributed by atoms with van der Waals surface area (Å²) in [4.78, 5) is 16.1. The summed E-state index contributed by atoms with van der Waals surface area (Å²) in [6, 6.07) is 0. The molecular weight excluding hydrogens is 264 g/mol. The van der Waals surface area contributed by atoms with Crippen molar-refractivity contribution < 1.29 is 9.53 Å². The number of nitrogens with zero attached hydrogens (tertiary/aromatic N) is 2. The molecule has 0 aromatic carbocycles. The number of hydrogen-bond donors (Lipinski definition) is 0. The molecule has 1 aliphatic rings. The summed E-state index contributed by atoms with van der Waals surface area (Å²) < 4.78 is 5.80. The molecule has 126 valence electrons. The Labute approximate surface area is 131 Å². The van der Waals surface area contributed by atoms with E-state index < -0.39 is 0 Å². The fourth-order valence-corrected chi connectivity index (χ4v) is 2.43. The Morgan fingerprint density at radius 3 is 2.62 bits per heavy atom. The van der Waals surface area contributed by atoms with Crippen LogP contribution in [-0.4, -0.2) is 61.6 Å². The molecule has 1 amide bonds. The third-order valence-corrected chi connectivity index (χ3v) is 3.71. The maximum Gasteiger partial charge on any atom is 0.224 e. The molecule has 1 aliphatic heterocycles. The molecule has 1 rings (SSSR count). The van der Waals surface area contributed by atoms with Gasteiger partial charge in [0.1, 0.15) is 0 Å². The van der Waals surface area contributed by atoms with Crippen LogP contribution < -0.4 is 0 Å². The monoisotopic (exact) mass is 300 g/mol. The molecule has 1 atom stereocenters. The van der Waals surface area contributed by atoms with Crippen LogP contribution in [0.4, 0.5) is 0 Å². The van der Waals surface area contributed by atoms with Crippen LogP contribution in [0.1, 0.15) is 53.9 Å². The highest BCUT2D eigenvalue weighted by molar-refractivity contribution is 5.77. The molecule has 1 unspecified atom stereocenters. The Hall–Kier alpha value is -0.610. The van der Waals surface area contributed by atoms with Gasteiger partial charge in [-0.15, -0.1) is 0 Å². The first kappa shape index (κ1) is 20.4. The van der Waals surface area contributed by atoms with Crippen LogP contribution in [0.3, 0.4) is 0 Å². The van der Waals surface area contributed by atoms with Crippen LogP contribution in [0.2, 0.25) is 0 Å². The highest BCUT2D eigenvalue weighted by Crippen LogP contribution is 2.11. The van der Waals surface area contributed by atoms with Gasteiger partial charge in [-0.05, 0) is 19.4 Å². The molecule has 0 N–H and O–H groups in total. The second kappa shape index (κ2) is 12.0. The second-order valence-corrected chi connectivity index (χ2v) is 5.85. The average Bonchev–Trinajstić information content (AvgIpc) is 2.52. The van der Waals surface area contributed by atoms with E-state index in [1.54, 1.807) is 0 Å². The van der Waals surface area contributed by atoms with Crippen molar-refractivity contribution in [1.82, 2.24) is 9.80 Å². The molecule has 1 fully saturated rings. The molecule has 0 saturated carbocycles. The average molecular weight is 300 g/mol. The van der Waals surface area contributed by atoms with Gasteiger partial charge in [0.05, 0.1) is 12.7 Å². The minimum atomic E-state index is 0.0818. The molecule has 0 aromatic rings. The molecule has 4 heteroatoms. The predicted molar refractivity (Wildman–Crippen MR) is 89.5 cm³/mol. The second-order valence-electron chi connectivity index (χ2n) is 5.85. The van der Waals surface area contributed by atoms with Crippen molar-refractivity contribution in [3.05, 3.63) is 0 Å². The molecule has 0 aromatic heterocycles. The molecule has 21 heavy (non-hydrogen) atoms. The van der Waals surface area contributed by atoms with E-state index in [0.717, 1.165) is 32.7 Å². The highest BCUT2D eigenvalue weighted by Gasteiger charge is 2.21. The molecule has 0 radical (unpaired) electrons. The zero-order valence-electron chi connectivity index (χ0n) is 15.0. The van der Waals surface area contributed by atoms with Crippen molar-refractivity contribution in [2.75, 3.05) is 39.8 Å². The quantitative estimate of drug-likeness (QED) is 0.724. The number of carbonyl (C=O) groups excluding carboxylic acids is 1. The van der Waals surface area contributed by atoms with Crippen LogP contribution >= 0.6 is 0 Å². The lowest BCUT2D eigenvalue weighted by Gasteiger charge is -2.33. The van der Waals surface area contributed by atoms with Crippen molar-refractivity contribution in [2.24, 2.45) is 5.92 Å². The number of unbranched alkanes of at least 4 members (excludes halogenated alkanes) is 1. The summed E-state index contributed by atoms with van der Waals surface area (Å²) in [7, 11) is 1.89. The minimum absolute atomic E-state index is 0.0818. The predicted octanol–water partition coefficient (Wildman–Crippen LogP) is 3.02. The zero-order chi connectivity index (χ0) is 16.3. The first-order chi connectivity index (χ1) is 10.0. The van der Waals surface area contributed by atoms with Crippen molar-refractivity contribution >= 4 is 5.91 Å². The maximum absolute atomic E-state index is 11.8. The summed E-state index contributed by atoms with van der Waals surface area (Å²) in [5.41, 5.74) is 0.